The van der Waals surface area contributed by atoms with E-state index < -0.39 is 11.4 Å². The van der Waals surface area contributed by atoms with E-state index in [-0.39, 0.29) is 29.4 Å². The van der Waals surface area contributed by atoms with Crippen molar-refractivity contribution in [2.24, 2.45) is 18.4 Å². The summed E-state index contributed by atoms with van der Waals surface area (Å²) in [7, 11) is 1.92. The highest BCUT2D eigenvalue weighted by atomic mass is 16.3. The number of nitrogens with zero attached hydrogens (tertiary/aromatic N) is 9. The maximum absolute atomic E-state index is 14.6. The number of aryl methyl sites for hydroxylation is 1. The third-order valence-corrected chi connectivity index (χ3v) is 13.6. The van der Waals surface area contributed by atoms with E-state index in [0.717, 1.165) is 99.6 Å². The average Bonchev–Trinajstić information content (AvgIpc) is 3.57. The second kappa shape index (κ2) is 14.7. The first kappa shape index (κ1) is 37.3. The number of imide groups is 1. The zero-order chi connectivity index (χ0) is 40.3. The highest BCUT2D eigenvalue weighted by Gasteiger charge is 2.56. The number of para-hydroxylation sites is 2. The molecule has 10 rings (SSSR count). The average molecular weight is 795 g/mol. The van der Waals surface area contributed by atoms with E-state index in [4.69, 9.17) is 5.10 Å². The van der Waals surface area contributed by atoms with E-state index in [1.165, 1.54) is 0 Å². The monoisotopic (exact) mass is 794 g/mol. The van der Waals surface area contributed by atoms with Gasteiger partial charge in [0.15, 0.2) is 5.82 Å². The highest BCUT2D eigenvalue weighted by molar-refractivity contribution is 6.10. The van der Waals surface area contributed by atoms with Crippen molar-refractivity contribution in [2.75, 3.05) is 80.1 Å². The van der Waals surface area contributed by atoms with Gasteiger partial charge < -0.3 is 24.7 Å². The number of urea groups is 1. The summed E-state index contributed by atoms with van der Waals surface area (Å²) in [4.78, 5) is 50.0. The molecule has 0 atom stereocenters. The Labute approximate surface area is 343 Å². The molecule has 4 amide bonds. The number of amides is 4. The Kier molecular flexibility index (Phi) is 9.26. The minimum Gasteiger partial charge on any atom is -0.507 e. The molecule has 5 fully saturated rings. The van der Waals surface area contributed by atoms with E-state index in [9.17, 15) is 19.5 Å². The maximum atomic E-state index is 14.6. The van der Waals surface area contributed by atoms with Gasteiger partial charge in [-0.15, -0.1) is 0 Å². The van der Waals surface area contributed by atoms with Crippen molar-refractivity contribution in [1.82, 2.24) is 35.1 Å². The number of aromatic hydroxyl groups is 1. The number of carbonyl (C=O) groups excluding carboxylic acids is 3. The topological polar surface area (TPSA) is 143 Å². The van der Waals surface area contributed by atoms with Crippen molar-refractivity contribution in [3.05, 3.63) is 90.6 Å². The molecule has 0 radical (unpaired) electrons. The number of benzene rings is 3. The third kappa shape index (κ3) is 6.63. The first-order chi connectivity index (χ1) is 28.7. The number of likely N-dealkylation sites (tertiary alicyclic amines) is 2. The molecular formula is C45H50N10O4. The lowest BCUT2D eigenvalue weighted by molar-refractivity contribution is -0.166. The van der Waals surface area contributed by atoms with E-state index in [1.54, 1.807) is 23.2 Å². The number of hydrogen-bond acceptors (Lipinski definition) is 10. The lowest BCUT2D eigenvalue weighted by atomic mass is 9.67. The van der Waals surface area contributed by atoms with Gasteiger partial charge in [0.25, 0.3) is 0 Å². The number of piperidine rings is 2. The van der Waals surface area contributed by atoms with Gasteiger partial charge in [0.1, 0.15) is 5.75 Å². The third-order valence-electron chi connectivity index (χ3n) is 13.6. The summed E-state index contributed by atoms with van der Waals surface area (Å²) in [6.45, 7) is 8.50. The van der Waals surface area contributed by atoms with Crippen LogP contribution in [0.5, 0.6) is 5.75 Å². The first-order valence-corrected chi connectivity index (χ1v) is 20.9. The molecule has 14 nitrogen and oxygen atoms in total. The van der Waals surface area contributed by atoms with Crippen LogP contribution < -0.4 is 20.0 Å². The number of fused-ring (bicyclic) bond motifs is 1. The number of phenolic OH excluding ortho intramolecular Hbond substituents is 1. The minimum atomic E-state index is -0.568. The van der Waals surface area contributed by atoms with E-state index in [0.29, 0.717) is 42.4 Å². The van der Waals surface area contributed by atoms with E-state index in [1.807, 2.05) is 60.3 Å². The Hall–Kier alpha value is -6.02. The lowest BCUT2D eigenvalue weighted by Crippen LogP contribution is -2.74. The van der Waals surface area contributed by atoms with E-state index in [2.05, 4.69) is 53.3 Å². The number of nitrogens with one attached hydrogen (secondary N) is 1. The van der Waals surface area contributed by atoms with Crippen LogP contribution in [0.15, 0.2) is 85.1 Å². The van der Waals surface area contributed by atoms with E-state index >= 15 is 0 Å². The Balaban J connectivity index is 0.742. The molecule has 0 unspecified atom stereocenters. The predicted octanol–water partition coefficient (Wildman–Crippen LogP) is 4.78. The predicted molar refractivity (Wildman–Crippen MR) is 225 cm³/mol. The molecule has 5 saturated heterocycles. The van der Waals surface area contributed by atoms with Gasteiger partial charge in [-0.3, -0.25) is 24.5 Å². The molecule has 3 aromatic carbocycles. The van der Waals surface area contributed by atoms with Crippen LogP contribution in [-0.4, -0.2) is 118 Å². The molecular weight excluding hydrogens is 745 g/mol. The zero-order valence-corrected chi connectivity index (χ0v) is 33.5. The molecule has 0 saturated carbocycles. The van der Waals surface area contributed by atoms with Crippen LogP contribution in [0.3, 0.4) is 0 Å². The fraction of sp³-hybridized carbons (Fsp3) is 0.422. The van der Waals surface area contributed by atoms with Gasteiger partial charge in [-0.1, -0.05) is 48.5 Å². The summed E-state index contributed by atoms with van der Waals surface area (Å²) in [5.41, 5.74) is 5.08. The Bertz CT molecular complexity index is 2410. The van der Waals surface area contributed by atoms with Gasteiger partial charge in [0.05, 0.1) is 34.2 Å². The van der Waals surface area contributed by atoms with Gasteiger partial charge in [-0.2, -0.15) is 15.3 Å². The number of carbonyl (C=O) groups is 3. The Morgan fingerprint density at radius 2 is 1.61 bits per heavy atom. The van der Waals surface area contributed by atoms with Gasteiger partial charge in [-0.05, 0) is 67.5 Å². The standard InChI is InChI=1S/C45H50N10O4/c1-50-40-35(41(49-50)55-21-16-39(57)47-43(55)59)11-7-12-37(40)53-19-14-31(15-20-53)26-51-27-44(28-51)29-54(30-44)42(58)45(32-8-3-2-4-9-32)17-22-52(23-18-45)33-24-36(48-46-25-33)34-10-5-6-13-38(34)56/h2-13,24-25,31,56H,14-23,26-30H2,1H3,(H,47,57,59). The zero-order valence-electron chi connectivity index (χ0n) is 33.5. The SMILES string of the molecule is Cn1nc(N2CCC(=O)NC2=O)c2cccc(N3CCC(CN4CC5(C4)CN(C(=O)C4(c6ccccc6)CCN(c6cnnc(-c7ccccc7O)c6)CC4)C5)CC3)c21. The molecule has 304 valence electrons. The minimum absolute atomic E-state index is 0.175. The molecule has 2 N–H and O–H groups in total. The second-order valence-corrected chi connectivity index (χ2v) is 17.4. The highest BCUT2D eigenvalue weighted by Crippen LogP contribution is 2.46. The van der Waals surface area contributed by atoms with Crippen molar-refractivity contribution in [1.29, 1.82) is 0 Å². The number of aromatic nitrogens is 4. The molecule has 0 bridgehead atoms. The molecule has 5 aromatic rings. The summed E-state index contributed by atoms with van der Waals surface area (Å²) < 4.78 is 1.86. The van der Waals surface area contributed by atoms with Crippen LogP contribution in [0.2, 0.25) is 0 Å². The number of hydrogen-bond donors (Lipinski definition) is 2. The van der Waals surface area contributed by atoms with Gasteiger partial charge >= 0.3 is 6.03 Å². The molecule has 7 heterocycles. The van der Waals surface area contributed by atoms with Crippen molar-refractivity contribution >= 4 is 45.9 Å². The van der Waals surface area contributed by atoms with Crippen molar-refractivity contribution in [3.63, 3.8) is 0 Å². The van der Waals surface area contributed by atoms with Gasteiger partial charge in [-0.25, -0.2) is 4.79 Å². The van der Waals surface area contributed by atoms with Crippen LogP contribution in [0.25, 0.3) is 22.2 Å². The molecule has 1 spiro atoms. The Morgan fingerprint density at radius 3 is 2.36 bits per heavy atom. The first-order valence-electron chi connectivity index (χ1n) is 20.9. The smallest absolute Gasteiger partial charge is 0.329 e. The second-order valence-electron chi connectivity index (χ2n) is 17.4. The number of anilines is 3. The fourth-order valence-corrected chi connectivity index (χ4v) is 10.6. The Morgan fingerprint density at radius 1 is 0.864 bits per heavy atom. The summed E-state index contributed by atoms with van der Waals surface area (Å²) in [5.74, 6) is 1.39. The molecule has 5 aliphatic heterocycles. The van der Waals surface area contributed by atoms with Gasteiger partial charge in [0, 0.05) is 95.3 Å². The summed E-state index contributed by atoms with van der Waals surface area (Å²) in [5, 5.41) is 27.1. The van der Waals surface area contributed by atoms with Crippen molar-refractivity contribution < 1.29 is 19.5 Å². The van der Waals surface area contributed by atoms with Crippen LogP contribution in [0.1, 0.15) is 37.7 Å². The van der Waals surface area contributed by atoms with Crippen LogP contribution in [-0.2, 0) is 22.1 Å². The normalized spacial score (nSPS) is 20.8. The van der Waals surface area contributed by atoms with Crippen LogP contribution in [0, 0.1) is 11.3 Å². The largest absolute Gasteiger partial charge is 0.507 e. The molecule has 5 aliphatic rings. The summed E-state index contributed by atoms with van der Waals surface area (Å²) in [6.07, 6.45) is 5.67. The van der Waals surface area contributed by atoms with Crippen molar-refractivity contribution in [3.8, 4) is 17.0 Å². The van der Waals surface area contributed by atoms with Crippen LogP contribution in [0.4, 0.5) is 22.0 Å². The van der Waals surface area contributed by atoms with Crippen LogP contribution >= 0.6 is 0 Å². The van der Waals surface area contributed by atoms with Crippen molar-refractivity contribution in [2.45, 2.75) is 37.5 Å². The number of phenols is 1. The summed E-state index contributed by atoms with van der Waals surface area (Å²) >= 11 is 0. The fourth-order valence-electron chi connectivity index (χ4n) is 10.6. The summed E-state index contributed by atoms with van der Waals surface area (Å²) in [6, 6.07) is 25.3. The lowest BCUT2D eigenvalue weighted by Gasteiger charge is -2.62. The molecule has 0 aliphatic carbocycles. The molecule has 2 aromatic heterocycles. The molecule has 59 heavy (non-hydrogen) atoms. The molecule has 14 heteroatoms. The maximum Gasteiger partial charge on any atom is 0.329 e. The quantitative estimate of drug-likeness (QED) is 0.225. The van der Waals surface area contributed by atoms with Gasteiger partial charge in [0.2, 0.25) is 11.8 Å². The number of rotatable bonds is 8.